The molecule has 1 atom stereocenters. The molecular weight excluding hydrogens is 216 g/mol. The van der Waals surface area contributed by atoms with Gasteiger partial charge in [0.15, 0.2) is 0 Å². The molecule has 0 aromatic carbocycles. The fraction of sp³-hybridized carbons (Fsp3) is 0.667. The van der Waals surface area contributed by atoms with Crippen LogP contribution in [0.2, 0.25) is 0 Å². The average molecular weight is 236 g/mol. The monoisotopic (exact) mass is 236 g/mol. The van der Waals surface area contributed by atoms with Gasteiger partial charge in [-0.1, -0.05) is 6.92 Å². The van der Waals surface area contributed by atoms with Gasteiger partial charge in [-0.2, -0.15) is 5.10 Å². The number of likely N-dealkylation sites (N-methyl/N-ethyl adjacent to an activating group) is 1. The highest BCUT2D eigenvalue weighted by atomic mass is 16.2. The number of carbonyl (C=O) groups is 1. The van der Waals surface area contributed by atoms with Crippen molar-refractivity contribution in [1.29, 1.82) is 0 Å². The molecule has 1 amide bonds. The Hall–Kier alpha value is -1.36. The van der Waals surface area contributed by atoms with Crippen LogP contribution in [0.3, 0.4) is 0 Å². The minimum Gasteiger partial charge on any atom is -0.335 e. The van der Waals surface area contributed by atoms with Gasteiger partial charge in [-0.05, 0) is 25.5 Å². The summed E-state index contributed by atoms with van der Waals surface area (Å²) in [7, 11) is 1.89. The van der Waals surface area contributed by atoms with E-state index in [1.54, 1.807) is 4.68 Å². The third-order valence-corrected chi connectivity index (χ3v) is 3.10. The summed E-state index contributed by atoms with van der Waals surface area (Å²) in [5.74, 6) is 0.212. The van der Waals surface area contributed by atoms with E-state index in [1.807, 2.05) is 31.1 Å². The number of amides is 1. The summed E-state index contributed by atoms with van der Waals surface area (Å²) < 4.78 is 1.77. The molecule has 1 N–H and O–H groups in total. The van der Waals surface area contributed by atoms with Gasteiger partial charge in [0.1, 0.15) is 0 Å². The molecule has 17 heavy (non-hydrogen) atoms. The predicted octanol–water partition coefficient (Wildman–Crippen LogP) is 0.521. The molecule has 1 aromatic rings. The highest BCUT2D eigenvalue weighted by molar-refractivity contribution is 5.82. The molecule has 0 radical (unpaired) electrons. The number of aromatic nitrogens is 2. The van der Waals surface area contributed by atoms with Gasteiger partial charge in [0.2, 0.25) is 5.91 Å². The van der Waals surface area contributed by atoms with E-state index >= 15 is 0 Å². The van der Waals surface area contributed by atoms with Crippen molar-refractivity contribution >= 4 is 5.91 Å². The highest BCUT2D eigenvalue weighted by Crippen LogP contribution is 2.14. The van der Waals surface area contributed by atoms with Crippen molar-refractivity contribution in [1.82, 2.24) is 20.0 Å². The van der Waals surface area contributed by atoms with Gasteiger partial charge in [0.25, 0.3) is 0 Å². The predicted molar refractivity (Wildman–Crippen MR) is 65.3 cm³/mol. The summed E-state index contributed by atoms with van der Waals surface area (Å²) in [5, 5.41) is 7.55. The van der Waals surface area contributed by atoms with Crippen molar-refractivity contribution < 1.29 is 4.79 Å². The summed E-state index contributed by atoms with van der Waals surface area (Å²) in [5.41, 5.74) is 0.956. The van der Waals surface area contributed by atoms with E-state index < -0.39 is 0 Å². The van der Waals surface area contributed by atoms with Crippen LogP contribution < -0.4 is 5.32 Å². The zero-order valence-electron chi connectivity index (χ0n) is 10.5. The second kappa shape index (κ2) is 5.31. The van der Waals surface area contributed by atoms with Gasteiger partial charge in [0.05, 0.1) is 18.3 Å². The lowest BCUT2D eigenvalue weighted by atomic mass is 10.0. The van der Waals surface area contributed by atoms with Crippen LogP contribution in [-0.2, 0) is 18.4 Å². The standard InChI is InChI=1S/C12H20N4O/c1-3-13-11-5-4-7-16(12(11)17)9-10-6-8-15(2)14-10/h6,8,11,13H,3-5,7,9H2,1-2H3. The number of rotatable bonds is 4. The Morgan fingerprint density at radius 3 is 3.06 bits per heavy atom. The van der Waals surface area contributed by atoms with Gasteiger partial charge >= 0.3 is 0 Å². The van der Waals surface area contributed by atoms with Gasteiger partial charge in [-0.25, -0.2) is 0 Å². The summed E-state index contributed by atoms with van der Waals surface area (Å²) >= 11 is 0. The maximum absolute atomic E-state index is 12.2. The minimum absolute atomic E-state index is 0.00235. The van der Waals surface area contributed by atoms with Gasteiger partial charge in [-0.3, -0.25) is 9.48 Å². The lowest BCUT2D eigenvalue weighted by Gasteiger charge is -2.32. The lowest BCUT2D eigenvalue weighted by molar-refractivity contribution is -0.136. The SMILES string of the molecule is CCNC1CCCN(Cc2ccn(C)n2)C1=O. The molecule has 5 nitrogen and oxygen atoms in total. The molecule has 2 rings (SSSR count). The van der Waals surface area contributed by atoms with Crippen LogP contribution in [0.4, 0.5) is 0 Å². The Morgan fingerprint density at radius 1 is 1.59 bits per heavy atom. The molecular formula is C12H20N4O. The van der Waals surface area contributed by atoms with E-state index in [4.69, 9.17) is 0 Å². The number of hydrogen-bond acceptors (Lipinski definition) is 3. The Labute approximate surface area is 102 Å². The molecule has 0 aliphatic carbocycles. The zero-order chi connectivity index (χ0) is 12.3. The first-order valence-electron chi connectivity index (χ1n) is 6.21. The van der Waals surface area contributed by atoms with E-state index in [1.165, 1.54) is 0 Å². The van der Waals surface area contributed by atoms with Crippen LogP contribution in [-0.4, -0.2) is 39.7 Å². The maximum atomic E-state index is 12.2. The first kappa shape index (κ1) is 12.1. The number of nitrogens with zero attached hydrogens (tertiary/aromatic N) is 3. The van der Waals surface area contributed by atoms with E-state index in [0.717, 1.165) is 31.6 Å². The molecule has 1 aliphatic rings. The van der Waals surface area contributed by atoms with Crippen LogP contribution in [0, 0.1) is 0 Å². The van der Waals surface area contributed by atoms with Crippen molar-refractivity contribution in [3.63, 3.8) is 0 Å². The number of piperidine rings is 1. The topological polar surface area (TPSA) is 50.2 Å². The van der Waals surface area contributed by atoms with Crippen molar-refractivity contribution in [2.45, 2.75) is 32.4 Å². The third-order valence-electron chi connectivity index (χ3n) is 3.10. The fourth-order valence-electron chi connectivity index (χ4n) is 2.28. The number of likely N-dealkylation sites (tertiary alicyclic amines) is 1. The van der Waals surface area contributed by atoms with Crippen LogP contribution in [0.15, 0.2) is 12.3 Å². The highest BCUT2D eigenvalue weighted by Gasteiger charge is 2.28. The number of hydrogen-bond donors (Lipinski definition) is 1. The zero-order valence-corrected chi connectivity index (χ0v) is 10.5. The second-order valence-electron chi connectivity index (χ2n) is 4.49. The van der Waals surface area contributed by atoms with Gasteiger partial charge < -0.3 is 10.2 Å². The molecule has 0 bridgehead atoms. The number of carbonyl (C=O) groups excluding carboxylic acids is 1. The Kier molecular flexibility index (Phi) is 3.78. The second-order valence-corrected chi connectivity index (χ2v) is 4.49. The summed E-state index contributed by atoms with van der Waals surface area (Å²) in [6, 6.07) is 1.96. The third kappa shape index (κ3) is 2.85. The van der Waals surface area contributed by atoms with E-state index in [0.29, 0.717) is 6.54 Å². The molecule has 0 spiro atoms. The van der Waals surface area contributed by atoms with Crippen molar-refractivity contribution in [2.24, 2.45) is 7.05 Å². The molecule has 2 heterocycles. The Morgan fingerprint density at radius 2 is 2.41 bits per heavy atom. The van der Waals surface area contributed by atoms with Gasteiger partial charge in [-0.15, -0.1) is 0 Å². The van der Waals surface area contributed by atoms with E-state index in [9.17, 15) is 4.79 Å². The molecule has 1 aliphatic heterocycles. The van der Waals surface area contributed by atoms with Crippen LogP contribution in [0.1, 0.15) is 25.5 Å². The maximum Gasteiger partial charge on any atom is 0.240 e. The van der Waals surface area contributed by atoms with Crippen LogP contribution in [0.25, 0.3) is 0 Å². The normalized spacial score (nSPS) is 20.9. The lowest BCUT2D eigenvalue weighted by Crippen LogP contribution is -2.50. The molecule has 0 saturated carbocycles. The average Bonchev–Trinajstić information content (AvgIpc) is 2.70. The smallest absolute Gasteiger partial charge is 0.240 e. The largest absolute Gasteiger partial charge is 0.335 e. The Bertz CT molecular complexity index is 386. The summed E-state index contributed by atoms with van der Waals surface area (Å²) in [4.78, 5) is 14.1. The molecule has 1 saturated heterocycles. The quantitative estimate of drug-likeness (QED) is 0.829. The summed E-state index contributed by atoms with van der Waals surface area (Å²) in [6.45, 7) is 4.34. The summed E-state index contributed by atoms with van der Waals surface area (Å²) in [6.07, 6.45) is 3.92. The van der Waals surface area contributed by atoms with Crippen LogP contribution in [0.5, 0.6) is 0 Å². The van der Waals surface area contributed by atoms with Crippen LogP contribution >= 0.6 is 0 Å². The number of nitrogens with one attached hydrogen (secondary N) is 1. The Balaban J connectivity index is 1.98. The minimum atomic E-state index is -0.00235. The fourth-order valence-corrected chi connectivity index (χ4v) is 2.28. The molecule has 1 unspecified atom stereocenters. The molecule has 1 aromatic heterocycles. The van der Waals surface area contributed by atoms with Crippen molar-refractivity contribution in [3.05, 3.63) is 18.0 Å². The van der Waals surface area contributed by atoms with E-state index in [-0.39, 0.29) is 11.9 Å². The molecule has 5 heteroatoms. The first-order chi connectivity index (χ1) is 8.20. The van der Waals surface area contributed by atoms with E-state index in [2.05, 4.69) is 10.4 Å². The molecule has 1 fully saturated rings. The first-order valence-corrected chi connectivity index (χ1v) is 6.21. The van der Waals surface area contributed by atoms with Crippen molar-refractivity contribution in [2.75, 3.05) is 13.1 Å². The van der Waals surface area contributed by atoms with Gasteiger partial charge in [0, 0.05) is 19.8 Å². The number of aryl methyl sites for hydroxylation is 1. The molecule has 94 valence electrons. The van der Waals surface area contributed by atoms with Crippen molar-refractivity contribution in [3.8, 4) is 0 Å².